The lowest BCUT2D eigenvalue weighted by Gasteiger charge is -2.24. The SMILES string of the molecule is CC(C)(C)NC(N)=NC1CCn2ccnc2C1. The zero-order chi connectivity index (χ0) is 12.5. The Kier molecular flexibility index (Phi) is 3.09. The van der Waals surface area contributed by atoms with Crippen LogP contribution in [0.2, 0.25) is 0 Å². The predicted molar refractivity (Wildman–Crippen MR) is 68.8 cm³/mol. The molecule has 1 aliphatic heterocycles. The number of rotatable bonds is 1. The van der Waals surface area contributed by atoms with Gasteiger partial charge < -0.3 is 15.6 Å². The highest BCUT2D eigenvalue weighted by Gasteiger charge is 2.19. The highest BCUT2D eigenvalue weighted by molar-refractivity contribution is 5.78. The molecule has 0 amide bonds. The van der Waals surface area contributed by atoms with Gasteiger partial charge in [0.1, 0.15) is 5.82 Å². The summed E-state index contributed by atoms with van der Waals surface area (Å²) in [5, 5.41) is 3.18. The molecule has 0 aliphatic carbocycles. The summed E-state index contributed by atoms with van der Waals surface area (Å²) in [5.41, 5.74) is 5.86. The maximum atomic E-state index is 5.90. The van der Waals surface area contributed by atoms with Crippen molar-refractivity contribution in [2.24, 2.45) is 10.7 Å². The topological polar surface area (TPSA) is 68.2 Å². The fraction of sp³-hybridized carbons (Fsp3) is 0.667. The minimum Gasteiger partial charge on any atom is -0.370 e. The number of hydrogen-bond donors (Lipinski definition) is 2. The number of fused-ring (bicyclic) bond motifs is 1. The van der Waals surface area contributed by atoms with Gasteiger partial charge in [-0.2, -0.15) is 0 Å². The standard InChI is InChI=1S/C12H21N5/c1-12(2,3)16-11(13)15-9-4-6-17-7-5-14-10(17)8-9/h5,7,9H,4,6,8H2,1-3H3,(H3,13,15,16). The molecule has 2 heterocycles. The molecule has 0 saturated heterocycles. The number of aliphatic imine (C=N–C) groups is 1. The zero-order valence-electron chi connectivity index (χ0n) is 10.8. The van der Waals surface area contributed by atoms with Crippen LogP contribution in [-0.4, -0.2) is 27.1 Å². The minimum atomic E-state index is -0.0410. The molecule has 1 unspecified atom stereocenters. The van der Waals surface area contributed by atoms with Crippen LogP contribution in [0, 0.1) is 0 Å². The van der Waals surface area contributed by atoms with Gasteiger partial charge in [0.2, 0.25) is 0 Å². The van der Waals surface area contributed by atoms with Crippen LogP contribution in [0.25, 0.3) is 0 Å². The Hall–Kier alpha value is -1.52. The summed E-state index contributed by atoms with van der Waals surface area (Å²) in [6.07, 6.45) is 5.76. The first kappa shape index (κ1) is 12.0. The van der Waals surface area contributed by atoms with Gasteiger partial charge >= 0.3 is 0 Å². The van der Waals surface area contributed by atoms with Crippen LogP contribution in [0.15, 0.2) is 17.4 Å². The second kappa shape index (κ2) is 4.39. The second-order valence-electron chi connectivity index (χ2n) is 5.57. The molecule has 5 heteroatoms. The van der Waals surface area contributed by atoms with E-state index in [1.54, 1.807) is 0 Å². The maximum absolute atomic E-state index is 5.90. The van der Waals surface area contributed by atoms with Crippen molar-refractivity contribution >= 4 is 5.96 Å². The Morgan fingerprint density at radius 2 is 2.35 bits per heavy atom. The van der Waals surface area contributed by atoms with E-state index in [1.807, 2.05) is 12.4 Å². The van der Waals surface area contributed by atoms with E-state index in [1.165, 1.54) is 0 Å². The van der Waals surface area contributed by atoms with E-state index in [2.05, 4.69) is 40.6 Å². The first-order valence-electron chi connectivity index (χ1n) is 6.05. The average Bonchev–Trinajstić information content (AvgIpc) is 2.61. The van der Waals surface area contributed by atoms with Gasteiger partial charge in [-0.1, -0.05) is 0 Å². The maximum Gasteiger partial charge on any atom is 0.189 e. The van der Waals surface area contributed by atoms with Crippen molar-refractivity contribution < 1.29 is 0 Å². The average molecular weight is 235 g/mol. The molecular formula is C12H21N5. The largest absolute Gasteiger partial charge is 0.370 e. The molecule has 0 fully saturated rings. The van der Waals surface area contributed by atoms with E-state index in [0.717, 1.165) is 25.2 Å². The monoisotopic (exact) mass is 235 g/mol. The van der Waals surface area contributed by atoms with Gasteiger partial charge in [0.05, 0.1) is 6.04 Å². The quantitative estimate of drug-likeness (QED) is 0.561. The van der Waals surface area contributed by atoms with Gasteiger partial charge in [-0.25, -0.2) is 9.98 Å². The summed E-state index contributed by atoms with van der Waals surface area (Å²) in [6, 6.07) is 0.250. The van der Waals surface area contributed by atoms with Crippen LogP contribution in [0.5, 0.6) is 0 Å². The molecule has 17 heavy (non-hydrogen) atoms. The van der Waals surface area contributed by atoms with Crippen molar-refractivity contribution in [1.82, 2.24) is 14.9 Å². The highest BCUT2D eigenvalue weighted by atomic mass is 15.2. The summed E-state index contributed by atoms with van der Waals surface area (Å²) < 4.78 is 2.18. The van der Waals surface area contributed by atoms with Crippen molar-refractivity contribution in [2.75, 3.05) is 0 Å². The Balaban J connectivity index is 1.99. The molecule has 1 aromatic heterocycles. The fourth-order valence-electron chi connectivity index (χ4n) is 2.06. The van der Waals surface area contributed by atoms with Gasteiger partial charge in [0.15, 0.2) is 5.96 Å². The molecule has 2 rings (SSSR count). The number of hydrogen-bond acceptors (Lipinski definition) is 2. The molecule has 94 valence electrons. The van der Waals surface area contributed by atoms with Gasteiger partial charge in [-0.3, -0.25) is 0 Å². The normalized spacial score (nSPS) is 21.1. The van der Waals surface area contributed by atoms with Gasteiger partial charge in [-0.05, 0) is 27.2 Å². The summed E-state index contributed by atoms with van der Waals surface area (Å²) in [5.74, 6) is 1.64. The Morgan fingerprint density at radius 1 is 1.59 bits per heavy atom. The van der Waals surface area contributed by atoms with Crippen molar-refractivity contribution in [3.8, 4) is 0 Å². The second-order valence-corrected chi connectivity index (χ2v) is 5.57. The third-order valence-corrected chi connectivity index (χ3v) is 2.75. The van der Waals surface area contributed by atoms with Gasteiger partial charge in [0.25, 0.3) is 0 Å². The first-order valence-corrected chi connectivity index (χ1v) is 6.05. The number of aryl methyl sites for hydroxylation is 1. The van der Waals surface area contributed by atoms with Crippen molar-refractivity contribution in [2.45, 2.75) is 51.7 Å². The number of nitrogens with two attached hydrogens (primary N) is 1. The van der Waals surface area contributed by atoms with E-state index in [-0.39, 0.29) is 11.6 Å². The lowest BCUT2D eigenvalue weighted by molar-refractivity contribution is 0.457. The molecule has 0 bridgehead atoms. The Labute approximate surface area is 102 Å². The summed E-state index contributed by atoms with van der Waals surface area (Å²) in [4.78, 5) is 8.85. The Morgan fingerprint density at radius 3 is 3.06 bits per heavy atom. The molecular weight excluding hydrogens is 214 g/mol. The molecule has 0 aromatic carbocycles. The third kappa shape index (κ3) is 3.22. The molecule has 3 N–H and O–H groups in total. The van der Waals surface area contributed by atoms with Crippen LogP contribution >= 0.6 is 0 Å². The lowest BCUT2D eigenvalue weighted by Crippen LogP contribution is -2.45. The zero-order valence-corrected chi connectivity index (χ0v) is 10.8. The van der Waals surface area contributed by atoms with E-state index in [4.69, 9.17) is 5.73 Å². The molecule has 1 aliphatic rings. The summed E-state index contributed by atoms with van der Waals surface area (Å²) in [6.45, 7) is 7.20. The highest BCUT2D eigenvalue weighted by Crippen LogP contribution is 2.15. The van der Waals surface area contributed by atoms with Gasteiger partial charge in [-0.15, -0.1) is 0 Å². The molecule has 0 saturated carbocycles. The number of guanidine groups is 1. The van der Waals surface area contributed by atoms with Crippen molar-refractivity contribution in [3.05, 3.63) is 18.2 Å². The van der Waals surface area contributed by atoms with Crippen LogP contribution in [0.4, 0.5) is 0 Å². The van der Waals surface area contributed by atoms with Crippen LogP contribution in [0.1, 0.15) is 33.0 Å². The Bertz CT molecular complexity index is 413. The van der Waals surface area contributed by atoms with E-state index in [9.17, 15) is 0 Å². The van der Waals surface area contributed by atoms with E-state index >= 15 is 0 Å². The molecule has 0 radical (unpaired) electrons. The van der Waals surface area contributed by atoms with E-state index < -0.39 is 0 Å². The van der Waals surface area contributed by atoms with Crippen molar-refractivity contribution in [3.63, 3.8) is 0 Å². The molecule has 0 spiro atoms. The summed E-state index contributed by atoms with van der Waals surface area (Å²) >= 11 is 0. The van der Waals surface area contributed by atoms with Crippen molar-refractivity contribution in [1.29, 1.82) is 0 Å². The third-order valence-electron chi connectivity index (χ3n) is 2.75. The molecule has 5 nitrogen and oxygen atoms in total. The number of nitrogens with one attached hydrogen (secondary N) is 1. The fourth-order valence-corrected chi connectivity index (χ4v) is 2.06. The molecule has 1 atom stereocenters. The first-order chi connectivity index (χ1) is 7.94. The number of aromatic nitrogens is 2. The summed E-state index contributed by atoms with van der Waals surface area (Å²) in [7, 11) is 0. The smallest absolute Gasteiger partial charge is 0.189 e. The van der Waals surface area contributed by atoms with E-state index in [0.29, 0.717) is 5.96 Å². The predicted octanol–water partition coefficient (Wildman–Crippen LogP) is 0.901. The number of nitrogens with zero attached hydrogens (tertiary/aromatic N) is 3. The lowest BCUT2D eigenvalue weighted by atomic mass is 10.1. The van der Waals surface area contributed by atoms with Crippen LogP contribution in [-0.2, 0) is 13.0 Å². The minimum absolute atomic E-state index is 0.0410. The van der Waals surface area contributed by atoms with Crippen LogP contribution < -0.4 is 11.1 Å². The molecule has 1 aromatic rings. The number of imidazole rings is 1. The van der Waals surface area contributed by atoms with Crippen LogP contribution in [0.3, 0.4) is 0 Å². The van der Waals surface area contributed by atoms with Gasteiger partial charge in [0, 0.05) is 30.9 Å².